The van der Waals surface area contributed by atoms with Crippen LogP contribution in [0.4, 0.5) is 0 Å². The molecule has 0 bridgehead atoms. The van der Waals surface area contributed by atoms with Crippen LogP contribution in [0, 0.1) is 0 Å². The lowest BCUT2D eigenvalue weighted by atomic mass is 9.93. The maximum Gasteiger partial charge on any atom is 0.217 e. The molecule has 0 aromatic heterocycles. The summed E-state index contributed by atoms with van der Waals surface area (Å²) >= 11 is 0. The Hall–Kier alpha value is -3.03. The van der Waals surface area contributed by atoms with Gasteiger partial charge in [0.25, 0.3) is 0 Å². The SMILES string of the molecule is CC(=O)N[C@@H]1[C@@H](O[C@@H]2O[C@@H](C)[C@@H](O)[C@@H](O)[C@@H]2O)[C@H](O[C@@H]2O[C@H](CO)[C@H](O)[C@H](O[C@@H]3O[C@H](CO)[C@@H](O[C@@H]4O[C@H](CO)[C@H](O)[C@H](O[C@@H]5O[C@H](CO)[C@@H](O[C@@H]6O[C@H](CO)[C@H](O)[C@H](O)[C@H]6O)[C@H](O)[C@H]5NC(C)=O)[C@H]4O)[C@H](O[C@@H]4O[C@@H](C)[C@@H](O)[C@@H](O)[C@@H]4O)[C@H]3NC(C)=O)[C@H]2O)[C@@H](CO)O[C@H]1O. The minimum absolute atomic E-state index is 0.818. The fraction of sp³-hybridized carbons (Fsp3) is 0.944. The van der Waals surface area contributed by atoms with Gasteiger partial charge in [0, 0.05) is 20.8 Å². The predicted octanol–water partition coefficient (Wildman–Crippen LogP) is -16.0. The second-order valence-corrected chi connectivity index (χ2v) is 24.5. The maximum atomic E-state index is 13.4. The molecule has 3 amide bonds. The van der Waals surface area contributed by atoms with Gasteiger partial charge in [-0.1, -0.05) is 0 Å². The molecule has 42 nitrogen and oxygen atoms in total. The summed E-state index contributed by atoms with van der Waals surface area (Å²) in [5, 5.41) is 238. The molecule has 0 saturated carbocycles. The summed E-state index contributed by atoms with van der Waals surface area (Å²) in [4.78, 5) is 38.7. The summed E-state index contributed by atoms with van der Waals surface area (Å²) in [5.74, 6) is -2.68. The van der Waals surface area contributed by atoms with Crippen LogP contribution in [0.3, 0.4) is 0 Å². The Balaban J connectivity index is 1.11. The van der Waals surface area contributed by atoms with E-state index in [-0.39, 0.29) is 0 Å². The molecule has 40 atom stereocenters. The van der Waals surface area contributed by atoms with E-state index in [0.29, 0.717) is 0 Å². The number of hydrogen-bond donors (Lipinski definition) is 24. The van der Waals surface area contributed by atoms with Crippen LogP contribution in [0.25, 0.3) is 0 Å². The monoisotopic (exact) mass is 1410 g/mol. The van der Waals surface area contributed by atoms with Crippen molar-refractivity contribution in [1.29, 1.82) is 0 Å². The summed E-state index contributed by atoms with van der Waals surface area (Å²) in [6.45, 7) is -0.951. The second kappa shape index (κ2) is 33.8. The van der Waals surface area contributed by atoms with E-state index in [1.54, 1.807) is 0 Å². The number of ether oxygens (including phenoxy) is 15. The van der Waals surface area contributed by atoms with Gasteiger partial charge in [0.15, 0.2) is 50.3 Å². The van der Waals surface area contributed by atoms with Crippen LogP contribution in [-0.2, 0) is 85.4 Å². The normalized spacial score (nSPS) is 50.3. The number of carbonyl (C=O) groups excluding carboxylic acids is 3. The fourth-order valence-electron chi connectivity index (χ4n) is 12.6. The highest BCUT2D eigenvalue weighted by atomic mass is 16.8. The van der Waals surface area contributed by atoms with Crippen LogP contribution in [-0.4, -0.2) is 410 Å². The number of aliphatic hydroxyl groups is 21. The average molecular weight is 1410 g/mol. The molecule has 556 valence electrons. The molecular formula is C54H91N3O39. The van der Waals surface area contributed by atoms with E-state index >= 15 is 0 Å². The van der Waals surface area contributed by atoms with E-state index in [1.807, 2.05) is 0 Å². The summed E-state index contributed by atoms with van der Waals surface area (Å²) in [6.07, 6.45) is -72.4. The molecule has 24 N–H and O–H groups in total. The molecule has 0 spiro atoms. The van der Waals surface area contributed by atoms with Crippen LogP contribution in [0.15, 0.2) is 0 Å². The van der Waals surface area contributed by atoms with E-state index in [9.17, 15) is 122 Å². The maximum absolute atomic E-state index is 13.4. The first-order valence-corrected chi connectivity index (χ1v) is 30.8. The lowest BCUT2D eigenvalue weighted by Crippen LogP contribution is -2.72. The zero-order valence-electron chi connectivity index (χ0n) is 52.1. The summed E-state index contributed by atoms with van der Waals surface area (Å²) in [7, 11) is 0. The number of rotatable bonds is 23. The zero-order valence-corrected chi connectivity index (χ0v) is 52.1. The number of hydrogen-bond acceptors (Lipinski definition) is 39. The number of amides is 3. The molecule has 8 aliphatic heterocycles. The summed E-state index contributed by atoms with van der Waals surface area (Å²) in [5.41, 5.74) is 0. The Bertz CT molecular complexity index is 2470. The van der Waals surface area contributed by atoms with Gasteiger partial charge in [-0.15, -0.1) is 0 Å². The molecule has 8 heterocycles. The molecule has 8 rings (SSSR count). The average Bonchev–Trinajstić information content (AvgIpc) is 0.769. The Morgan fingerprint density at radius 1 is 0.271 bits per heavy atom. The van der Waals surface area contributed by atoms with Gasteiger partial charge in [0.2, 0.25) is 17.7 Å². The first-order valence-electron chi connectivity index (χ1n) is 30.8. The minimum atomic E-state index is -2.37. The van der Waals surface area contributed by atoms with Gasteiger partial charge >= 0.3 is 0 Å². The highest BCUT2D eigenvalue weighted by Gasteiger charge is 2.61. The Morgan fingerprint density at radius 3 is 0.958 bits per heavy atom. The van der Waals surface area contributed by atoms with Crippen LogP contribution in [0.1, 0.15) is 34.6 Å². The van der Waals surface area contributed by atoms with Gasteiger partial charge < -0.3 is 194 Å². The van der Waals surface area contributed by atoms with Crippen LogP contribution < -0.4 is 16.0 Å². The molecule has 8 fully saturated rings. The molecule has 0 aliphatic carbocycles. The van der Waals surface area contributed by atoms with Gasteiger partial charge in [0.1, 0.15) is 183 Å². The first-order chi connectivity index (χ1) is 45.3. The predicted molar refractivity (Wildman–Crippen MR) is 296 cm³/mol. The highest BCUT2D eigenvalue weighted by molar-refractivity contribution is 5.74. The van der Waals surface area contributed by atoms with E-state index < -0.39 is 303 Å². The van der Waals surface area contributed by atoms with Crippen LogP contribution in [0.5, 0.6) is 0 Å². The van der Waals surface area contributed by atoms with E-state index in [1.165, 1.54) is 13.8 Å². The van der Waals surface area contributed by atoms with Gasteiger partial charge in [-0.3, -0.25) is 14.4 Å². The van der Waals surface area contributed by atoms with Crippen molar-refractivity contribution in [3.05, 3.63) is 0 Å². The van der Waals surface area contributed by atoms with E-state index in [0.717, 1.165) is 20.8 Å². The largest absolute Gasteiger partial charge is 0.394 e. The van der Waals surface area contributed by atoms with E-state index in [2.05, 4.69) is 16.0 Å². The highest BCUT2D eigenvalue weighted by Crippen LogP contribution is 2.40. The van der Waals surface area contributed by atoms with Crippen LogP contribution >= 0.6 is 0 Å². The molecule has 8 saturated heterocycles. The number of aliphatic hydroxyl groups excluding tert-OH is 21. The van der Waals surface area contributed by atoms with E-state index in [4.69, 9.17) is 71.1 Å². The van der Waals surface area contributed by atoms with Gasteiger partial charge in [-0.05, 0) is 13.8 Å². The molecule has 42 heteroatoms. The molecule has 96 heavy (non-hydrogen) atoms. The minimum Gasteiger partial charge on any atom is -0.394 e. The van der Waals surface area contributed by atoms with Gasteiger partial charge in [0.05, 0.1) is 51.8 Å². The fourth-order valence-corrected chi connectivity index (χ4v) is 12.6. The van der Waals surface area contributed by atoms with Gasteiger partial charge in [-0.25, -0.2) is 0 Å². The molecule has 8 aliphatic rings. The van der Waals surface area contributed by atoms with Crippen molar-refractivity contribution >= 4 is 17.7 Å². The van der Waals surface area contributed by atoms with Crippen molar-refractivity contribution < 1.29 is 193 Å². The van der Waals surface area contributed by atoms with Crippen molar-refractivity contribution in [2.24, 2.45) is 0 Å². The molecule has 0 unspecified atom stereocenters. The third-order valence-corrected chi connectivity index (χ3v) is 17.8. The molecule has 0 aromatic carbocycles. The van der Waals surface area contributed by atoms with Crippen molar-refractivity contribution in [1.82, 2.24) is 16.0 Å². The molecular weight excluding hydrogens is 1310 g/mol. The second-order valence-electron chi connectivity index (χ2n) is 24.5. The summed E-state index contributed by atoms with van der Waals surface area (Å²) < 4.78 is 89.1. The van der Waals surface area contributed by atoms with Crippen molar-refractivity contribution in [2.45, 2.75) is 280 Å². The lowest BCUT2D eigenvalue weighted by molar-refractivity contribution is -0.398. The van der Waals surface area contributed by atoms with Crippen molar-refractivity contribution in [3.8, 4) is 0 Å². The third-order valence-electron chi connectivity index (χ3n) is 17.8. The smallest absolute Gasteiger partial charge is 0.217 e. The quantitative estimate of drug-likeness (QED) is 0.0452. The third kappa shape index (κ3) is 16.9. The lowest BCUT2D eigenvalue weighted by Gasteiger charge is -2.52. The number of carbonyl (C=O) groups is 3. The zero-order chi connectivity index (χ0) is 70.8. The Kier molecular flexibility index (Phi) is 27.7. The molecule has 0 radical (unpaired) electrons. The number of nitrogens with one attached hydrogen (secondary N) is 3. The Morgan fingerprint density at radius 2 is 0.552 bits per heavy atom. The molecule has 0 aromatic rings. The van der Waals surface area contributed by atoms with Gasteiger partial charge in [-0.2, -0.15) is 0 Å². The standard InChI is InChI=1S/C54H91N3O39/c1-12-26(67)32(73)35(76)50(82-12)93-43-24(56-15(4)65)47(81)84-21(10-62)41(43)91-53-39(80)46(30(71)19(8-60)86-53)96-49-25(57-16(5)66)44(94-51-36(77)33(74)27(68)13(2)83-51)42(22(11-63)89-49)92-54-38(79)45(29(70)18(7-59)87-54)95-48-23(55-14(3)64)31(72)40(20(9-61)88-48)90-52-37(78)34(75)28(69)17(6-58)85-52/h12-13,17-54,58-63,67-81H,6-11H2,1-5H3,(H,55,64)(H,56,65)(H,57,66)/t12-,13-,17+,18+,19+,20+,21+,22+,23+,24+,25+,26+,27+,28-,29-,30-,31+,32+,33+,34-,35-,36-,37+,38+,39+,40+,41+,42+,43+,44+,45-,46-,47+,48-,49-,50-,51-,52-,53-,54-/m0/s1. The summed E-state index contributed by atoms with van der Waals surface area (Å²) in [6, 6.07) is -5.53. The first kappa shape index (κ1) is 78.7. The van der Waals surface area contributed by atoms with Crippen molar-refractivity contribution in [3.63, 3.8) is 0 Å². The Labute approximate surface area is 545 Å². The topological polar surface area (TPSA) is 651 Å². The van der Waals surface area contributed by atoms with Crippen molar-refractivity contribution in [2.75, 3.05) is 39.6 Å². The van der Waals surface area contributed by atoms with Crippen LogP contribution in [0.2, 0.25) is 0 Å².